The van der Waals surface area contributed by atoms with E-state index in [4.69, 9.17) is 16.7 Å². The number of aromatic nitrogens is 2. The van der Waals surface area contributed by atoms with Crippen LogP contribution in [0.4, 0.5) is 0 Å². The molecular weight excluding hydrogens is 200 g/mol. The van der Waals surface area contributed by atoms with Crippen LogP contribution in [-0.4, -0.2) is 21.3 Å². The lowest BCUT2D eigenvalue weighted by atomic mass is 10.0. The minimum absolute atomic E-state index is 0.140. The quantitative estimate of drug-likeness (QED) is 0.813. The van der Waals surface area contributed by atoms with Gasteiger partial charge in [0.15, 0.2) is 5.15 Å². The topological polar surface area (TPSA) is 38.1 Å². The van der Waals surface area contributed by atoms with Gasteiger partial charge in [0.25, 0.3) is 0 Å². The molecule has 1 aliphatic rings. The Morgan fingerprint density at radius 1 is 1.64 bits per heavy atom. The third-order valence-electron chi connectivity index (χ3n) is 2.81. The molecule has 2 heterocycles. The van der Waals surface area contributed by atoms with Gasteiger partial charge in [0.05, 0.1) is 12.3 Å². The maximum Gasteiger partial charge on any atom is 0.150 e. The molecule has 1 unspecified atom stereocenters. The highest BCUT2D eigenvalue weighted by Gasteiger charge is 2.21. The van der Waals surface area contributed by atoms with Crippen molar-refractivity contribution >= 4 is 11.6 Å². The zero-order chi connectivity index (χ0) is 10.1. The van der Waals surface area contributed by atoms with Crippen LogP contribution in [0.15, 0.2) is 0 Å². The van der Waals surface area contributed by atoms with Gasteiger partial charge in [-0.1, -0.05) is 18.5 Å². The molecule has 0 spiro atoms. The maximum absolute atomic E-state index is 8.90. The van der Waals surface area contributed by atoms with Crippen molar-refractivity contribution in [3.05, 3.63) is 16.7 Å². The lowest BCUT2D eigenvalue weighted by Crippen LogP contribution is -2.20. The Morgan fingerprint density at radius 2 is 2.43 bits per heavy atom. The van der Waals surface area contributed by atoms with E-state index in [2.05, 4.69) is 16.5 Å². The lowest BCUT2D eigenvalue weighted by molar-refractivity contribution is 0.291. The average molecular weight is 215 g/mol. The minimum atomic E-state index is 0.140. The first kappa shape index (κ1) is 9.99. The van der Waals surface area contributed by atoms with Crippen LogP contribution in [0, 0.1) is 5.92 Å². The van der Waals surface area contributed by atoms with Crippen molar-refractivity contribution in [1.82, 2.24) is 9.55 Å². The summed E-state index contributed by atoms with van der Waals surface area (Å²) in [7, 11) is 0. The third-order valence-corrected chi connectivity index (χ3v) is 3.11. The lowest BCUT2D eigenvalue weighted by Gasteiger charge is -2.22. The second-order valence-corrected chi connectivity index (χ2v) is 4.35. The van der Waals surface area contributed by atoms with Gasteiger partial charge in [0.2, 0.25) is 0 Å². The molecule has 0 bridgehead atoms. The summed E-state index contributed by atoms with van der Waals surface area (Å²) < 4.78 is 2.17. The summed E-state index contributed by atoms with van der Waals surface area (Å²) in [6.07, 6.45) is 2.80. The Bertz CT molecular complexity index is 335. The number of halogens is 1. The number of rotatable bonds is 2. The molecule has 0 amide bonds. The number of imidazole rings is 1. The molecule has 4 heteroatoms. The summed E-state index contributed by atoms with van der Waals surface area (Å²) in [4.78, 5) is 4.28. The first-order chi connectivity index (χ1) is 6.72. The number of aliphatic hydroxyl groups excluding tert-OH is 1. The second-order valence-electron chi connectivity index (χ2n) is 3.99. The largest absolute Gasteiger partial charge is 0.396 e. The SMILES string of the molecule is CC1CCc2c(Cl)nc(CCO)n2C1. The Hall–Kier alpha value is -0.540. The Labute approximate surface area is 88.7 Å². The summed E-state index contributed by atoms with van der Waals surface area (Å²) in [5, 5.41) is 9.53. The second kappa shape index (κ2) is 3.91. The minimum Gasteiger partial charge on any atom is -0.396 e. The zero-order valence-corrected chi connectivity index (χ0v) is 9.09. The Kier molecular flexibility index (Phi) is 2.79. The summed E-state index contributed by atoms with van der Waals surface area (Å²) in [6.45, 7) is 3.37. The fourth-order valence-electron chi connectivity index (χ4n) is 2.04. The zero-order valence-electron chi connectivity index (χ0n) is 8.33. The molecule has 14 heavy (non-hydrogen) atoms. The van der Waals surface area contributed by atoms with Gasteiger partial charge in [-0.3, -0.25) is 0 Å². The molecule has 0 aromatic carbocycles. The van der Waals surface area contributed by atoms with Gasteiger partial charge in [-0.05, 0) is 18.8 Å². The van der Waals surface area contributed by atoms with Crippen LogP contribution in [0.3, 0.4) is 0 Å². The highest BCUT2D eigenvalue weighted by atomic mass is 35.5. The molecule has 0 saturated heterocycles. The van der Waals surface area contributed by atoms with Crippen molar-refractivity contribution in [2.75, 3.05) is 6.61 Å². The molecule has 0 saturated carbocycles. The monoisotopic (exact) mass is 214 g/mol. The van der Waals surface area contributed by atoms with Crippen molar-refractivity contribution < 1.29 is 5.11 Å². The summed E-state index contributed by atoms with van der Waals surface area (Å²) in [5.41, 5.74) is 1.15. The van der Waals surface area contributed by atoms with E-state index in [1.165, 1.54) is 6.42 Å². The molecular formula is C10H15ClN2O. The molecule has 2 rings (SSSR count). The van der Waals surface area contributed by atoms with Crippen molar-refractivity contribution in [2.45, 2.75) is 32.7 Å². The smallest absolute Gasteiger partial charge is 0.150 e. The van der Waals surface area contributed by atoms with E-state index in [1.807, 2.05) is 0 Å². The first-order valence-corrected chi connectivity index (χ1v) is 5.44. The summed E-state index contributed by atoms with van der Waals surface area (Å²) >= 11 is 6.03. The van der Waals surface area contributed by atoms with Gasteiger partial charge in [0.1, 0.15) is 5.82 Å². The molecule has 0 aliphatic carbocycles. The van der Waals surface area contributed by atoms with Crippen molar-refractivity contribution in [3.63, 3.8) is 0 Å². The van der Waals surface area contributed by atoms with Gasteiger partial charge in [0, 0.05) is 13.0 Å². The fraction of sp³-hybridized carbons (Fsp3) is 0.700. The van der Waals surface area contributed by atoms with Gasteiger partial charge in [-0.2, -0.15) is 0 Å². The van der Waals surface area contributed by atoms with Crippen LogP contribution in [0.1, 0.15) is 24.9 Å². The van der Waals surface area contributed by atoms with Crippen LogP contribution < -0.4 is 0 Å². The van der Waals surface area contributed by atoms with E-state index in [1.54, 1.807) is 0 Å². The fourth-order valence-corrected chi connectivity index (χ4v) is 2.33. The third kappa shape index (κ3) is 1.66. The van der Waals surface area contributed by atoms with Crippen LogP contribution in [0.25, 0.3) is 0 Å². The molecule has 1 aromatic rings. The van der Waals surface area contributed by atoms with Crippen molar-refractivity contribution in [3.8, 4) is 0 Å². The predicted molar refractivity (Wildman–Crippen MR) is 55.5 cm³/mol. The number of nitrogens with zero attached hydrogens (tertiary/aromatic N) is 2. The summed E-state index contributed by atoms with van der Waals surface area (Å²) in [6, 6.07) is 0. The maximum atomic E-state index is 8.90. The first-order valence-electron chi connectivity index (χ1n) is 5.07. The van der Waals surface area contributed by atoms with Crippen LogP contribution in [0.2, 0.25) is 5.15 Å². The van der Waals surface area contributed by atoms with E-state index in [-0.39, 0.29) is 6.61 Å². The Morgan fingerprint density at radius 3 is 3.14 bits per heavy atom. The average Bonchev–Trinajstić information content (AvgIpc) is 2.44. The Balaban J connectivity index is 2.34. The standard InChI is InChI=1S/C10H15ClN2O/c1-7-2-3-8-10(11)12-9(4-5-14)13(8)6-7/h7,14H,2-6H2,1H3. The van der Waals surface area contributed by atoms with E-state index in [0.29, 0.717) is 17.5 Å². The van der Waals surface area contributed by atoms with Gasteiger partial charge >= 0.3 is 0 Å². The van der Waals surface area contributed by atoms with Crippen molar-refractivity contribution in [2.24, 2.45) is 5.92 Å². The predicted octanol–water partition coefficient (Wildman–Crippen LogP) is 1.65. The molecule has 0 fully saturated rings. The molecule has 1 N–H and O–H groups in total. The summed E-state index contributed by atoms with van der Waals surface area (Å²) in [5.74, 6) is 1.62. The molecule has 0 radical (unpaired) electrons. The number of aliphatic hydroxyl groups is 1. The highest BCUT2D eigenvalue weighted by molar-refractivity contribution is 6.30. The van der Waals surface area contributed by atoms with Crippen LogP contribution >= 0.6 is 11.6 Å². The van der Waals surface area contributed by atoms with Crippen molar-refractivity contribution in [1.29, 1.82) is 0 Å². The van der Waals surface area contributed by atoms with E-state index in [0.717, 1.165) is 24.5 Å². The van der Waals surface area contributed by atoms with E-state index in [9.17, 15) is 0 Å². The van der Waals surface area contributed by atoms with E-state index >= 15 is 0 Å². The molecule has 1 atom stereocenters. The number of hydrogen-bond acceptors (Lipinski definition) is 2. The molecule has 3 nitrogen and oxygen atoms in total. The van der Waals surface area contributed by atoms with Gasteiger partial charge < -0.3 is 9.67 Å². The molecule has 1 aromatic heterocycles. The highest BCUT2D eigenvalue weighted by Crippen LogP contribution is 2.27. The number of fused-ring (bicyclic) bond motifs is 1. The van der Waals surface area contributed by atoms with Gasteiger partial charge in [-0.15, -0.1) is 0 Å². The van der Waals surface area contributed by atoms with E-state index < -0.39 is 0 Å². The van der Waals surface area contributed by atoms with Crippen LogP contribution in [0.5, 0.6) is 0 Å². The van der Waals surface area contributed by atoms with Gasteiger partial charge in [-0.25, -0.2) is 4.98 Å². The molecule has 1 aliphatic heterocycles. The number of hydrogen-bond donors (Lipinski definition) is 1. The normalized spacial score (nSPS) is 20.9. The molecule has 78 valence electrons. The van der Waals surface area contributed by atoms with Crippen LogP contribution in [-0.2, 0) is 19.4 Å².